The maximum atomic E-state index is 5.75. The van der Waals surface area contributed by atoms with Crippen molar-refractivity contribution < 1.29 is 4.74 Å². The molecule has 0 aromatic heterocycles. The van der Waals surface area contributed by atoms with E-state index in [-0.39, 0.29) is 0 Å². The number of hydrogen-bond acceptors (Lipinski definition) is 4. The first-order valence-corrected chi connectivity index (χ1v) is 7.03. The summed E-state index contributed by atoms with van der Waals surface area (Å²) < 4.78 is 5.75. The van der Waals surface area contributed by atoms with Crippen LogP contribution in [0, 0.1) is 11.8 Å². The van der Waals surface area contributed by atoms with E-state index in [1.807, 2.05) is 0 Å². The summed E-state index contributed by atoms with van der Waals surface area (Å²) in [4.78, 5) is 4.78. The molecule has 0 aliphatic carbocycles. The van der Waals surface area contributed by atoms with E-state index in [1.165, 1.54) is 0 Å². The Kier molecular flexibility index (Phi) is 5.95. The zero-order valence-electron chi connectivity index (χ0n) is 11.5. The fourth-order valence-corrected chi connectivity index (χ4v) is 2.35. The summed E-state index contributed by atoms with van der Waals surface area (Å²) in [6, 6.07) is 0. The summed E-state index contributed by atoms with van der Waals surface area (Å²) in [7, 11) is 2.18. The Labute approximate surface area is 111 Å². The zero-order valence-corrected chi connectivity index (χ0v) is 11.5. The number of likely N-dealkylation sites (N-methyl/N-ethyl adjacent to an activating group) is 1. The van der Waals surface area contributed by atoms with E-state index in [4.69, 9.17) is 4.74 Å². The summed E-state index contributed by atoms with van der Waals surface area (Å²) in [6.45, 7) is 8.25. The second-order valence-corrected chi connectivity index (χ2v) is 5.19. The van der Waals surface area contributed by atoms with Gasteiger partial charge in [0.05, 0.1) is 12.6 Å². The first-order valence-electron chi connectivity index (χ1n) is 7.03. The van der Waals surface area contributed by atoms with Crippen LogP contribution in [0.1, 0.15) is 12.8 Å². The molecular weight excluding hydrogens is 226 g/mol. The van der Waals surface area contributed by atoms with Gasteiger partial charge in [0, 0.05) is 26.2 Å². The molecule has 1 N–H and O–H groups in total. The Morgan fingerprint density at radius 1 is 1.11 bits per heavy atom. The molecule has 102 valence electrons. The Hall–Kier alpha value is -0.600. The minimum absolute atomic E-state index is 0.421. The summed E-state index contributed by atoms with van der Waals surface area (Å²) in [6.07, 6.45) is 2.67. The van der Waals surface area contributed by atoms with Gasteiger partial charge in [0.2, 0.25) is 0 Å². The first kappa shape index (κ1) is 13.8. The van der Waals surface area contributed by atoms with Crippen molar-refractivity contribution in [2.75, 3.05) is 59.5 Å². The van der Waals surface area contributed by atoms with Gasteiger partial charge in [-0.05, 0) is 33.0 Å². The first-order chi connectivity index (χ1) is 8.84. The number of nitrogens with one attached hydrogen (secondary N) is 1. The molecule has 2 fully saturated rings. The quantitative estimate of drug-likeness (QED) is 0.715. The van der Waals surface area contributed by atoms with Gasteiger partial charge >= 0.3 is 0 Å². The Bertz CT molecular complexity index is 283. The summed E-state index contributed by atoms with van der Waals surface area (Å²) in [5, 5.41) is 3.34. The number of piperidine rings is 1. The van der Waals surface area contributed by atoms with E-state index < -0.39 is 0 Å². The molecule has 0 amide bonds. The standard InChI is InChI=1S/C14H25N3O/c1-16-9-11-17(12-10-16)8-2-3-13-18-14-4-6-15-7-5-14/h14-15H,4-13H2,1H3. The SMILES string of the molecule is CN1CCN(CC#CCOC2CCNCC2)CC1. The molecule has 2 aliphatic heterocycles. The molecule has 2 heterocycles. The molecule has 0 radical (unpaired) electrons. The van der Waals surface area contributed by atoms with Gasteiger partial charge in [-0.15, -0.1) is 0 Å². The van der Waals surface area contributed by atoms with E-state index in [0.717, 1.165) is 58.7 Å². The fraction of sp³-hybridized carbons (Fsp3) is 0.857. The third kappa shape index (κ3) is 4.95. The van der Waals surface area contributed by atoms with Crippen LogP contribution in [-0.2, 0) is 4.74 Å². The number of nitrogens with zero attached hydrogens (tertiary/aromatic N) is 2. The number of piperazine rings is 1. The van der Waals surface area contributed by atoms with Crippen molar-refractivity contribution in [1.82, 2.24) is 15.1 Å². The molecule has 2 rings (SSSR count). The second-order valence-electron chi connectivity index (χ2n) is 5.19. The largest absolute Gasteiger partial charge is 0.365 e. The van der Waals surface area contributed by atoms with Gasteiger partial charge in [-0.25, -0.2) is 0 Å². The van der Waals surface area contributed by atoms with Gasteiger partial charge in [-0.3, -0.25) is 4.90 Å². The average molecular weight is 251 g/mol. The van der Waals surface area contributed by atoms with Crippen LogP contribution in [0.15, 0.2) is 0 Å². The fourth-order valence-electron chi connectivity index (χ4n) is 2.35. The van der Waals surface area contributed by atoms with E-state index in [2.05, 4.69) is 34.0 Å². The highest BCUT2D eigenvalue weighted by Gasteiger charge is 2.13. The number of ether oxygens (including phenoxy) is 1. The Balaban J connectivity index is 1.55. The molecule has 0 bridgehead atoms. The van der Waals surface area contributed by atoms with E-state index in [1.54, 1.807) is 0 Å². The highest BCUT2D eigenvalue weighted by atomic mass is 16.5. The maximum absolute atomic E-state index is 5.75. The van der Waals surface area contributed by atoms with Gasteiger partial charge < -0.3 is 15.0 Å². The van der Waals surface area contributed by atoms with Crippen molar-refractivity contribution >= 4 is 0 Å². The lowest BCUT2D eigenvalue weighted by Gasteiger charge is -2.30. The second kappa shape index (κ2) is 7.75. The van der Waals surface area contributed by atoms with Crippen LogP contribution in [0.2, 0.25) is 0 Å². The molecule has 2 aliphatic rings. The van der Waals surface area contributed by atoms with Gasteiger partial charge in [-0.1, -0.05) is 11.8 Å². The molecule has 0 aromatic rings. The predicted octanol–water partition coefficient (Wildman–Crippen LogP) is 0.00580. The van der Waals surface area contributed by atoms with E-state index in [9.17, 15) is 0 Å². The van der Waals surface area contributed by atoms with Crippen LogP contribution in [0.5, 0.6) is 0 Å². The van der Waals surface area contributed by atoms with Crippen molar-refractivity contribution in [3.63, 3.8) is 0 Å². The summed E-state index contributed by atoms with van der Waals surface area (Å²) in [5.41, 5.74) is 0. The van der Waals surface area contributed by atoms with E-state index >= 15 is 0 Å². The minimum atomic E-state index is 0.421. The van der Waals surface area contributed by atoms with Crippen LogP contribution in [-0.4, -0.2) is 75.4 Å². The zero-order chi connectivity index (χ0) is 12.6. The molecule has 18 heavy (non-hydrogen) atoms. The molecule has 0 aromatic carbocycles. The Morgan fingerprint density at radius 3 is 2.56 bits per heavy atom. The van der Waals surface area contributed by atoms with Crippen molar-refractivity contribution in [2.45, 2.75) is 18.9 Å². The predicted molar refractivity (Wildman–Crippen MR) is 73.6 cm³/mol. The lowest BCUT2D eigenvalue weighted by atomic mass is 10.1. The minimum Gasteiger partial charge on any atom is -0.365 e. The average Bonchev–Trinajstić information content (AvgIpc) is 2.42. The van der Waals surface area contributed by atoms with Crippen LogP contribution in [0.3, 0.4) is 0 Å². The topological polar surface area (TPSA) is 27.7 Å². The number of hydrogen-bond donors (Lipinski definition) is 1. The van der Waals surface area contributed by atoms with Crippen LogP contribution >= 0.6 is 0 Å². The lowest BCUT2D eigenvalue weighted by Crippen LogP contribution is -2.44. The van der Waals surface area contributed by atoms with Gasteiger partial charge in [-0.2, -0.15) is 0 Å². The molecular formula is C14H25N3O. The normalized spacial score (nSPS) is 23.6. The monoisotopic (exact) mass is 251 g/mol. The van der Waals surface area contributed by atoms with Gasteiger partial charge in [0.1, 0.15) is 6.61 Å². The molecule has 4 heteroatoms. The van der Waals surface area contributed by atoms with Crippen LogP contribution in [0.4, 0.5) is 0 Å². The third-order valence-corrected chi connectivity index (χ3v) is 3.70. The Morgan fingerprint density at radius 2 is 1.83 bits per heavy atom. The highest BCUT2D eigenvalue weighted by Crippen LogP contribution is 2.06. The molecule has 2 saturated heterocycles. The lowest BCUT2D eigenvalue weighted by molar-refractivity contribution is 0.0547. The summed E-state index contributed by atoms with van der Waals surface area (Å²) in [5.74, 6) is 6.37. The van der Waals surface area contributed by atoms with Gasteiger partial charge in [0.15, 0.2) is 0 Å². The van der Waals surface area contributed by atoms with Crippen molar-refractivity contribution in [3.8, 4) is 11.8 Å². The third-order valence-electron chi connectivity index (χ3n) is 3.70. The van der Waals surface area contributed by atoms with Crippen LogP contribution < -0.4 is 5.32 Å². The molecule has 0 saturated carbocycles. The highest BCUT2D eigenvalue weighted by molar-refractivity contribution is 5.02. The van der Waals surface area contributed by atoms with Crippen molar-refractivity contribution in [1.29, 1.82) is 0 Å². The smallest absolute Gasteiger partial charge is 0.108 e. The number of rotatable bonds is 3. The summed E-state index contributed by atoms with van der Waals surface area (Å²) >= 11 is 0. The maximum Gasteiger partial charge on any atom is 0.108 e. The van der Waals surface area contributed by atoms with Crippen molar-refractivity contribution in [3.05, 3.63) is 0 Å². The van der Waals surface area contributed by atoms with Crippen molar-refractivity contribution in [2.24, 2.45) is 0 Å². The molecule has 0 spiro atoms. The molecule has 0 atom stereocenters. The van der Waals surface area contributed by atoms with Crippen LogP contribution in [0.25, 0.3) is 0 Å². The van der Waals surface area contributed by atoms with E-state index in [0.29, 0.717) is 12.7 Å². The molecule has 4 nitrogen and oxygen atoms in total. The molecule has 0 unspecified atom stereocenters. The van der Waals surface area contributed by atoms with Gasteiger partial charge in [0.25, 0.3) is 0 Å².